The molecule has 0 radical (unpaired) electrons. The van der Waals surface area contributed by atoms with Gasteiger partial charge in [-0.1, -0.05) is 232 Å². The van der Waals surface area contributed by atoms with E-state index in [9.17, 15) is 39.6 Å². The third-order valence-electron chi connectivity index (χ3n) is 10.7. The predicted octanol–water partition coefficient (Wildman–Crippen LogP) is 8.93. The molecule has 0 spiro atoms. The molecule has 328 valence electrons. The molecule has 58 heavy (non-hydrogen) atoms. The van der Waals surface area contributed by atoms with Gasteiger partial charge in [-0.15, -0.1) is 0 Å². The van der Waals surface area contributed by atoms with E-state index in [0.29, 0.717) is 25.0 Å². The number of carboxylic acids is 4. The van der Waals surface area contributed by atoms with E-state index in [1.54, 1.807) is 0 Å². The predicted molar refractivity (Wildman–Crippen MR) is 234 cm³/mol. The number of hydrogen-bond donors (Lipinski definition) is 0. The van der Waals surface area contributed by atoms with Crippen LogP contribution in [-0.2, 0) is 19.2 Å². The Bertz CT molecular complexity index is 920. The van der Waals surface area contributed by atoms with Crippen molar-refractivity contribution in [3.63, 3.8) is 0 Å². The van der Waals surface area contributed by atoms with Crippen LogP contribution >= 0.6 is 0 Å². The van der Waals surface area contributed by atoms with Crippen molar-refractivity contribution in [2.45, 2.75) is 258 Å². The van der Waals surface area contributed by atoms with Crippen molar-refractivity contribution >= 4 is 70.0 Å². The van der Waals surface area contributed by atoms with E-state index in [4.69, 9.17) is 0 Å². The maximum Gasteiger partial charge on any atom is 2.00 e. The monoisotopic (exact) mass is 837 g/mol. The average molecular weight is 838 g/mol. The maximum atomic E-state index is 10.8. The quantitative estimate of drug-likeness (QED) is 0.0335. The van der Waals surface area contributed by atoms with Crippen LogP contribution in [0, 0.1) is 0 Å². The molecule has 8 nitrogen and oxygen atoms in total. The van der Waals surface area contributed by atoms with E-state index in [2.05, 4.69) is 13.8 Å². The third kappa shape index (κ3) is 52.9. The summed E-state index contributed by atoms with van der Waals surface area (Å²) in [5, 5.41) is 42.4. The second-order valence-electron chi connectivity index (χ2n) is 16.1. The van der Waals surface area contributed by atoms with Crippen LogP contribution < -0.4 is 20.4 Å². The summed E-state index contributed by atoms with van der Waals surface area (Å²) in [7, 11) is 0. The molecule has 0 atom stereocenters. The molecule has 0 aliphatic heterocycles. The van der Waals surface area contributed by atoms with E-state index in [-0.39, 0.29) is 70.1 Å². The molecule has 0 saturated heterocycles. The Hall–Kier alpha value is -1.11. The summed E-state index contributed by atoms with van der Waals surface area (Å²) in [5.74, 6) is -5.75. The van der Waals surface area contributed by atoms with Crippen LogP contribution in [0.3, 0.4) is 0 Å². The SMILES string of the molecule is CCCCCCCCCCCCCCCCCCCC/C(=C/C(=O)[O-])C(=O)[O-].CCCCCCCCCCCCCCCCCCCC/C(=C/C(=O)[O-])C(=O)[O-].[Mg+2].[Mg+2]. The molecule has 0 heterocycles. The van der Waals surface area contributed by atoms with E-state index < -0.39 is 23.9 Å². The van der Waals surface area contributed by atoms with Gasteiger partial charge in [0.25, 0.3) is 0 Å². The molecule has 0 saturated carbocycles. The molecule has 0 aromatic rings. The van der Waals surface area contributed by atoms with Gasteiger partial charge < -0.3 is 39.6 Å². The van der Waals surface area contributed by atoms with Crippen molar-refractivity contribution in [3.05, 3.63) is 23.3 Å². The second-order valence-corrected chi connectivity index (χ2v) is 16.1. The van der Waals surface area contributed by atoms with E-state index in [1.807, 2.05) is 0 Å². The van der Waals surface area contributed by atoms with Crippen molar-refractivity contribution in [2.24, 2.45) is 0 Å². The minimum Gasteiger partial charge on any atom is -0.545 e. The number of aliphatic carboxylic acids is 4. The molecule has 0 aromatic carbocycles. The second kappa shape index (κ2) is 52.0. The van der Waals surface area contributed by atoms with Crippen LogP contribution in [0.15, 0.2) is 23.3 Å². The van der Waals surface area contributed by atoms with Crippen molar-refractivity contribution in [1.82, 2.24) is 0 Å². The van der Waals surface area contributed by atoms with Crippen LogP contribution in [0.5, 0.6) is 0 Å². The number of carbonyl (C=O) groups is 4. The van der Waals surface area contributed by atoms with Crippen molar-refractivity contribution < 1.29 is 39.6 Å². The summed E-state index contributed by atoms with van der Waals surface area (Å²) in [5.41, 5.74) is -0.340. The van der Waals surface area contributed by atoms with Crippen LogP contribution in [0.25, 0.3) is 0 Å². The van der Waals surface area contributed by atoms with Crippen molar-refractivity contribution in [3.8, 4) is 0 Å². The number of carbonyl (C=O) groups excluding carboxylic acids is 4. The first-order valence-electron chi connectivity index (χ1n) is 23.4. The largest absolute Gasteiger partial charge is 2.00 e. The summed E-state index contributed by atoms with van der Waals surface area (Å²) < 4.78 is 0. The Morgan fingerprint density at radius 1 is 0.293 bits per heavy atom. The van der Waals surface area contributed by atoms with Crippen LogP contribution in [0.2, 0.25) is 0 Å². The Kier molecular flexibility index (Phi) is 57.0. The Morgan fingerprint density at radius 3 is 0.586 bits per heavy atom. The van der Waals surface area contributed by atoms with E-state index in [0.717, 1.165) is 25.7 Å². The molecule has 10 heteroatoms. The summed E-state index contributed by atoms with van der Waals surface area (Å²) >= 11 is 0. The van der Waals surface area contributed by atoms with Gasteiger partial charge in [0, 0.05) is 0 Å². The van der Waals surface area contributed by atoms with Gasteiger partial charge in [0.2, 0.25) is 0 Å². The number of rotatable bonds is 42. The molecule has 0 aliphatic carbocycles. The van der Waals surface area contributed by atoms with Gasteiger partial charge in [0.1, 0.15) is 0 Å². The molecule has 0 rings (SSSR count). The molecule has 0 aliphatic rings. The standard InChI is InChI=1S/2C24H44O4.2Mg/c2*1-2-3-4-5-6-7-8-9-10-11-12-13-14-15-16-17-18-19-20-22(24(27)28)21-23(25)26;;/h2*21H,2-20H2,1H3,(H,25,26)(H,27,28);;/q;;2*+2/p-4/b2*22-21-;;. The van der Waals surface area contributed by atoms with Gasteiger partial charge in [-0.3, -0.25) is 0 Å². The molecule has 0 fully saturated rings. The zero-order chi connectivity index (χ0) is 41.7. The molecular weight excluding hydrogens is 753 g/mol. The minimum absolute atomic E-state index is 0. The molecule has 0 N–H and O–H groups in total. The minimum atomic E-state index is -1.47. The molecule has 0 unspecified atom stereocenters. The van der Waals surface area contributed by atoms with E-state index >= 15 is 0 Å². The average Bonchev–Trinajstić information content (AvgIpc) is 3.15. The van der Waals surface area contributed by atoms with Crippen LogP contribution in [0.1, 0.15) is 258 Å². The van der Waals surface area contributed by atoms with Crippen LogP contribution in [-0.4, -0.2) is 70.0 Å². The summed E-state index contributed by atoms with van der Waals surface area (Å²) in [6.45, 7) is 4.53. The molecular formula is C48H84Mg2O8. The van der Waals surface area contributed by atoms with Gasteiger partial charge in [0.15, 0.2) is 0 Å². The van der Waals surface area contributed by atoms with Gasteiger partial charge in [-0.2, -0.15) is 0 Å². The summed E-state index contributed by atoms with van der Waals surface area (Å²) in [6.07, 6.45) is 47.7. The first-order valence-corrected chi connectivity index (χ1v) is 23.4. The molecule has 0 aromatic heterocycles. The number of carboxylic acid groups (broad SMARTS) is 4. The number of hydrogen-bond acceptors (Lipinski definition) is 8. The number of unbranched alkanes of at least 4 members (excludes halogenated alkanes) is 34. The first kappa shape index (κ1) is 63.5. The Morgan fingerprint density at radius 2 is 0.448 bits per heavy atom. The fourth-order valence-electron chi connectivity index (χ4n) is 7.19. The summed E-state index contributed by atoms with van der Waals surface area (Å²) in [4.78, 5) is 42.4. The first-order chi connectivity index (χ1) is 27.1. The fourth-order valence-corrected chi connectivity index (χ4v) is 7.19. The normalized spacial score (nSPS) is 11.3. The zero-order valence-corrected chi connectivity index (χ0v) is 40.5. The smallest absolute Gasteiger partial charge is 0.545 e. The maximum absolute atomic E-state index is 10.8. The van der Waals surface area contributed by atoms with Gasteiger partial charge in [-0.05, 0) is 49.0 Å². The summed E-state index contributed by atoms with van der Waals surface area (Å²) in [6, 6.07) is 0. The molecule has 0 bridgehead atoms. The third-order valence-corrected chi connectivity index (χ3v) is 10.7. The van der Waals surface area contributed by atoms with Gasteiger partial charge in [0.05, 0.1) is 23.9 Å². The van der Waals surface area contributed by atoms with Crippen molar-refractivity contribution in [2.75, 3.05) is 0 Å². The Balaban J connectivity index is -0.000000486. The topological polar surface area (TPSA) is 161 Å². The zero-order valence-electron chi connectivity index (χ0n) is 37.7. The van der Waals surface area contributed by atoms with E-state index in [1.165, 1.54) is 193 Å². The molecule has 0 amide bonds. The van der Waals surface area contributed by atoms with Gasteiger partial charge in [-0.25, -0.2) is 0 Å². The fraction of sp³-hybridized carbons (Fsp3) is 0.833. The van der Waals surface area contributed by atoms with Gasteiger partial charge >= 0.3 is 46.1 Å². The van der Waals surface area contributed by atoms with Crippen LogP contribution in [0.4, 0.5) is 0 Å². The Labute approximate surface area is 388 Å². The van der Waals surface area contributed by atoms with Crippen molar-refractivity contribution in [1.29, 1.82) is 0 Å².